The summed E-state index contributed by atoms with van der Waals surface area (Å²) in [6.07, 6.45) is 4.06. The summed E-state index contributed by atoms with van der Waals surface area (Å²) in [5.74, 6) is 0. The summed E-state index contributed by atoms with van der Waals surface area (Å²) in [6, 6.07) is 13.5. The maximum absolute atomic E-state index is 9.01. The van der Waals surface area contributed by atoms with Crippen molar-refractivity contribution < 1.29 is 5.21 Å². The predicted octanol–water partition coefficient (Wildman–Crippen LogP) is 2.50. The van der Waals surface area contributed by atoms with Crippen molar-refractivity contribution in [2.75, 3.05) is 0 Å². The highest BCUT2D eigenvalue weighted by Gasteiger charge is 2.04. The molecule has 0 saturated heterocycles. The first-order valence-electron chi connectivity index (χ1n) is 5.05. The predicted molar refractivity (Wildman–Crippen MR) is 62.7 cm³/mol. The number of benzene rings is 1. The third-order valence-electron chi connectivity index (χ3n) is 2.35. The zero-order valence-corrected chi connectivity index (χ0v) is 8.74. The molecule has 1 heterocycles. The second kappa shape index (κ2) is 5.07. The van der Waals surface area contributed by atoms with Crippen molar-refractivity contribution in [2.45, 2.75) is 6.42 Å². The van der Waals surface area contributed by atoms with E-state index in [1.165, 1.54) is 0 Å². The highest BCUT2D eigenvalue weighted by atomic mass is 16.4. The van der Waals surface area contributed by atoms with Crippen LogP contribution < -0.4 is 0 Å². The van der Waals surface area contributed by atoms with Crippen molar-refractivity contribution in [3.8, 4) is 0 Å². The number of hydrogen-bond donors (Lipinski definition) is 1. The molecular weight excluding hydrogens is 200 g/mol. The van der Waals surface area contributed by atoms with Gasteiger partial charge in [-0.25, -0.2) is 0 Å². The molecular formula is C13H12N2O. The molecule has 80 valence electrons. The molecule has 2 rings (SSSR count). The van der Waals surface area contributed by atoms with E-state index in [4.69, 9.17) is 5.21 Å². The maximum atomic E-state index is 9.01. The number of oxime groups is 1. The molecule has 0 unspecified atom stereocenters. The van der Waals surface area contributed by atoms with E-state index in [-0.39, 0.29) is 0 Å². The van der Waals surface area contributed by atoms with Gasteiger partial charge in [-0.05, 0) is 23.3 Å². The highest BCUT2D eigenvalue weighted by molar-refractivity contribution is 6.01. The van der Waals surface area contributed by atoms with Crippen LogP contribution in [0.4, 0.5) is 0 Å². The van der Waals surface area contributed by atoms with Crippen LogP contribution in [0.5, 0.6) is 0 Å². The lowest BCUT2D eigenvalue weighted by molar-refractivity contribution is 0.318. The quantitative estimate of drug-likeness (QED) is 0.482. The minimum atomic E-state index is 0.600. The van der Waals surface area contributed by atoms with Gasteiger partial charge >= 0.3 is 0 Å². The molecule has 0 atom stereocenters. The number of pyridine rings is 1. The van der Waals surface area contributed by atoms with E-state index in [1.54, 1.807) is 12.4 Å². The smallest absolute Gasteiger partial charge is 0.0911 e. The van der Waals surface area contributed by atoms with Crippen molar-refractivity contribution >= 4 is 5.71 Å². The summed E-state index contributed by atoms with van der Waals surface area (Å²) >= 11 is 0. The largest absolute Gasteiger partial charge is 0.411 e. The third kappa shape index (κ3) is 2.45. The van der Waals surface area contributed by atoms with Crippen LogP contribution in [0.1, 0.15) is 11.1 Å². The van der Waals surface area contributed by atoms with E-state index < -0.39 is 0 Å². The number of nitrogens with zero attached hydrogens (tertiary/aromatic N) is 2. The molecule has 1 aromatic carbocycles. The summed E-state index contributed by atoms with van der Waals surface area (Å²) in [7, 11) is 0. The Labute approximate surface area is 94.1 Å². The highest BCUT2D eigenvalue weighted by Crippen LogP contribution is 2.07. The van der Waals surface area contributed by atoms with Crippen LogP contribution in [-0.4, -0.2) is 15.9 Å². The molecule has 0 spiro atoms. The Morgan fingerprint density at radius 3 is 2.38 bits per heavy atom. The Hall–Kier alpha value is -2.16. The fourth-order valence-electron chi connectivity index (χ4n) is 1.52. The van der Waals surface area contributed by atoms with Crippen molar-refractivity contribution in [1.82, 2.24) is 4.98 Å². The molecule has 0 aliphatic rings. The normalized spacial score (nSPS) is 11.4. The van der Waals surface area contributed by atoms with Gasteiger partial charge in [0.25, 0.3) is 0 Å². The minimum absolute atomic E-state index is 0.600. The monoisotopic (exact) mass is 212 g/mol. The van der Waals surface area contributed by atoms with Crippen LogP contribution in [0.25, 0.3) is 0 Å². The van der Waals surface area contributed by atoms with E-state index in [2.05, 4.69) is 10.1 Å². The lowest BCUT2D eigenvalue weighted by atomic mass is 10.0. The average Bonchev–Trinajstić information content (AvgIpc) is 2.38. The Morgan fingerprint density at radius 1 is 1.06 bits per heavy atom. The molecule has 0 radical (unpaired) electrons. The molecule has 1 N–H and O–H groups in total. The fraction of sp³-hybridized carbons (Fsp3) is 0.0769. The zero-order valence-electron chi connectivity index (χ0n) is 8.74. The second-order valence-corrected chi connectivity index (χ2v) is 3.44. The first-order valence-corrected chi connectivity index (χ1v) is 5.05. The zero-order chi connectivity index (χ0) is 11.2. The molecule has 0 aliphatic heterocycles. The molecule has 3 heteroatoms. The van der Waals surface area contributed by atoms with E-state index >= 15 is 0 Å². The SMILES string of the molecule is O/N=C(\Cc1ccncc1)c1ccccc1. The lowest BCUT2D eigenvalue weighted by Gasteiger charge is -2.04. The summed E-state index contributed by atoms with van der Waals surface area (Å²) < 4.78 is 0. The van der Waals surface area contributed by atoms with Gasteiger partial charge in [0.05, 0.1) is 5.71 Å². The molecule has 1 aromatic heterocycles. The standard InChI is InChI=1S/C13H12N2O/c16-15-13(12-4-2-1-3-5-12)10-11-6-8-14-9-7-11/h1-9,16H,10H2/b15-13+. The number of aromatic nitrogens is 1. The van der Waals surface area contributed by atoms with Crippen molar-refractivity contribution in [3.05, 3.63) is 66.0 Å². The lowest BCUT2D eigenvalue weighted by Crippen LogP contribution is -2.05. The van der Waals surface area contributed by atoms with Crippen molar-refractivity contribution in [2.24, 2.45) is 5.16 Å². The second-order valence-electron chi connectivity index (χ2n) is 3.44. The van der Waals surface area contributed by atoms with Crippen LogP contribution in [0, 0.1) is 0 Å². The molecule has 0 saturated carbocycles. The molecule has 0 amide bonds. The molecule has 0 aliphatic carbocycles. The van der Waals surface area contributed by atoms with Crippen molar-refractivity contribution in [1.29, 1.82) is 0 Å². The van der Waals surface area contributed by atoms with Gasteiger partial charge in [0, 0.05) is 18.8 Å². The first kappa shape index (κ1) is 10.4. The van der Waals surface area contributed by atoms with Crippen LogP contribution >= 0.6 is 0 Å². The summed E-state index contributed by atoms with van der Waals surface area (Å²) in [6.45, 7) is 0. The Kier molecular flexibility index (Phi) is 3.28. The van der Waals surface area contributed by atoms with E-state index in [1.807, 2.05) is 42.5 Å². The van der Waals surface area contributed by atoms with Gasteiger partial charge in [0.2, 0.25) is 0 Å². The van der Waals surface area contributed by atoms with Crippen LogP contribution in [-0.2, 0) is 6.42 Å². The molecule has 0 fully saturated rings. The Bertz CT molecular complexity index is 466. The minimum Gasteiger partial charge on any atom is -0.411 e. The number of hydrogen-bond acceptors (Lipinski definition) is 3. The van der Waals surface area contributed by atoms with E-state index in [0.29, 0.717) is 12.1 Å². The van der Waals surface area contributed by atoms with Gasteiger partial charge in [0.1, 0.15) is 0 Å². The Balaban J connectivity index is 2.20. The summed E-state index contributed by atoms with van der Waals surface area (Å²) in [5.41, 5.74) is 2.67. The van der Waals surface area contributed by atoms with Crippen LogP contribution in [0.3, 0.4) is 0 Å². The van der Waals surface area contributed by atoms with Gasteiger partial charge in [-0.1, -0.05) is 35.5 Å². The van der Waals surface area contributed by atoms with Gasteiger partial charge in [-0.15, -0.1) is 0 Å². The molecule has 16 heavy (non-hydrogen) atoms. The molecule has 0 bridgehead atoms. The maximum Gasteiger partial charge on any atom is 0.0911 e. The van der Waals surface area contributed by atoms with Gasteiger partial charge in [-0.3, -0.25) is 4.98 Å². The van der Waals surface area contributed by atoms with Crippen LogP contribution in [0.15, 0.2) is 60.0 Å². The molecule has 2 aromatic rings. The third-order valence-corrected chi connectivity index (χ3v) is 2.35. The Morgan fingerprint density at radius 2 is 1.75 bits per heavy atom. The van der Waals surface area contributed by atoms with E-state index in [9.17, 15) is 0 Å². The number of rotatable bonds is 3. The topological polar surface area (TPSA) is 45.5 Å². The van der Waals surface area contributed by atoms with Crippen LogP contribution in [0.2, 0.25) is 0 Å². The van der Waals surface area contributed by atoms with Gasteiger partial charge in [0.15, 0.2) is 0 Å². The first-order chi connectivity index (χ1) is 7.90. The summed E-state index contributed by atoms with van der Waals surface area (Å²) in [4.78, 5) is 3.95. The molecule has 3 nitrogen and oxygen atoms in total. The van der Waals surface area contributed by atoms with Gasteiger partial charge < -0.3 is 5.21 Å². The average molecular weight is 212 g/mol. The van der Waals surface area contributed by atoms with E-state index in [0.717, 1.165) is 11.1 Å². The van der Waals surface area contributed by atoms with Gasteiger partial charge in [-0.2, -0.15) is 0 Å². The fourth-order valence-corrected chi connectivity index (χ4v) is 1.52. The summed E-state index contributed by atoms with van der Waals surface area (Å²) in [5, 5.41) is 12.4. The van der Waals surface area contributed by atoms with Crippen molar-refractivity contribution in [3.63, 3.8) is 0 Å².